The Morgan fingerprint density at radius 1 is 1.03 bits per heavy atom. The highest BCUT2D eigenvalue weighted by Crippen LogP contribution is 2.33. The van der Waals surface area contributed by atoms with Crippen LogP contribution in [0, 0.1) is 0 Å². The number of ketones is 1. The van der Waals surface area contributed by atoms with Gasteiger partial charge in [0.05, 0.1) is 7.11 Å². The Bertz CT molecular complexity index is 1220. The van der Waals surface area contributed by atoms with E-state index in [2.05, 4.69) is 26.1 Å². The molecule has 0 bridgehead atoms. The second kappa shape index (κ2) is 9.49. The Kier molecular flexibility index (Phi) is 6.53. The van der Waals surface area contributed by atoms with Gasteiger partial charge in [-0.2, -0.15) is 0 Å². The average Bonchev–Trinajstić information content (AvgIpc) is 3.22. The molecule has 0 spiro atoms. The van der Waals surface area contributed by atoms with Crippen molar-refractivity contribution >= 4 is 33.5 Å². The van der Waals surface area contributed by atoms with Gasteiger partial charge in [0.15, 0.2) is 16.8 Å². The molecule has 0 amide bonds. The maximum Gasteiger partial charge on any atom is 0.196 e. The molecular formula is C24H20BrN3O2S. The first-order valence-electron chi connectivity index (χ1n) is 9.64. The van der Waals surface area contributed by atoms with Crippen LogP contribution in [-0.4, -0.2) is 27.7 Å². The van der Waals surface area contributed by atoms with Crippen LogP contribution in [0.5, 0.6) is 5.75 Å². The molecule has 4 aromatic rings. The van der Waals surface area contributed by atoms with Gasteiger partial charge < -0.3 is 4.74 Å². The number of halogens is 1. The quantitative estimate of drug-likeness (QED) is 0.226. The Labute approximate surface area is 193 Å². The van der Waals surface area contributed by atoms with Gasteiger partial charge in [-0.05, 0) is 49.4 Å². The number of methoxy groups -OCH3 is 1. The number of Topliss-reactive ketones (excluding diaryl/α,β-unsaturated/α-hetero) is 1. The number of para-hydroxylation sites is 1. The summed E-state index contributed by atoms with van der Waals surface area (Å²) in [5, 5.41) is 9.73. The fourth-order valence-electron chi connectivity index (χ4n) is 3.24. The summed E-state index contributed by atoms with van der Waals surface area (Å²) in [7, 11) is 1.63. The van der Waals surface area contributed by atoms with E-state index in [0.29, 0.717) is 11.3 Å². The number of ether oxygens (including phenoxy) is 1. The molecular weight excluding hydrogens is 474 g/mol. The van der Waals surface area contributed by atoms with Gasteiger partial charge in [-0.3, -0.25) is 9.36 Å². The lowest BCUT2D eigenvalue weighted by atomic mass is 10.1. The smallest absolute Gasteiger partial charge is 0.196 e. The van der Waals surface area contributed by atoms with Crippen molar-refractivity contribution in [2.24, 2.45) is 0 Å². The molecule has 4 rings (SSSR count). The van der Waals surface area contributed by atoms with Crippen LogP contribution >= 0.6 is 27.7 Å². The predicted octanol–water partition coefficient (Wildman–Crippen LogP) is 6.20. The van der Waals surface area contributed by atoms with E-state index in [1.807, 2.05) is 71.3 Å². The largest absolute Gasteiger partial charge is 0.496 e. The second-order valence-electron chi connectivity index (χ2n) is 6.86. The first kappa shape index (κ1) is 21.3. The lowest BCUT2D eigenvalue weighted by Crippen LogP contribution is -2.00. The summed E-state index contributed by atoms with van der Waals surface area (Å²) in [5.74, 6) is 2.13. The molecule has 0 saturated heterocycles. The van der Waals surface area contributed by atoms with Gasteiger partial charge in [-0.25, -0.2) is 0 Å². The Hall–Kier alpha value is -2.90. The summed E-state index contributed by atoms with van der Waals surface area (Å²) in [4.78, 5) is 11.8. The van der Waals surface area contributed by atoms with Crippen LogP contribution in [0.1, 0.15) is 22.8 Å². The van der Waals surface area contributed by atoms with E-state index in [0.717, 1.165) is 38.0 Å². The summed E-state index contributed by atoms with van der Waals surface area (Å²) >= 11 is 5.09. The SMILES string of the molecule is COc1ccc(C(C)=O)cc1CSc1nnc(-c2cccc(Br)c2)n1-c1ccccc1. The number of thioether (sulfide) groups is 1. The molecule has 5 nitrogen and oxygen atoms in total. The Morgan fingerprint density at radius 2 is 1.84 bits per heavy atom. The summed E-state index contributed by atoms with van der Waals surface area (Å²) in [6.07, 6.45) is 0. The average molecular weight is 494 g/mol. The molecule has 3 aromatic carbocycles. The van der Waals surface area contributed by atoms with Crippen LogP contribution in [0.15, 0.2) is 82.4 Å². The molecule has 156 valence electrons. The van der Waals surface area contributed by atoms with Gasteiger partial charge in [0.25, 0.3) is 0 Å². The minimum absolute atomic E-state index is 0.0262. The molecule has 7 heteroatoms. The lowest BCUT2D eigenvalue weighted by molar-refractivity contribution is 0.101. The third-order valence-corrected chi connectivity index (χ3v) is 6.25. The zero-order chi connectivity index (χ0) is 21.8. The topological polar surface area (TPSA) is 57.0 Å². The van der Waals surface area contributed by atoms with Gasteiger partial charge in [0.2, 0.25) is 0 Å². The number of benzene rings is 3. The van der Waals surface area contributed by atoms with Crippen LogP contribution < -0.4 is 4.74 Å². The number of hydrogen-bond acceptors (Lipinski definition) is 5. The first-order valence-corrected chi connectivity index (χ1v) is 11.4. The van der Waals surface area contributed by atoms with Crippen LogP contribution in [0.25, 0.3) is 17.1 Å². The van der Waals surface area contributed by atoms with Crippen molar-refractivity contribution in [3.63, 3.8) is 0 Å². The van der Waals surface area contributed by atoms with E-state index in [4.69, 9.17) is 4.74 Å². The van der Waals surface area contributed by atoms with Crippen LogP contribution in [0.2, 0.25) is 0 Å². The first-order chi connectivity index (χ1) is 15.1. The highest BCUT2D eigenvalue weighted by Gasteiger charge is 2.17. The zero-order valence-electron chi connectivity index (χ0n) is 17.1. The third kappa shape index (κ3) is 4.73. The maximum absolute atomic E-state index is 11.8. The summed E-state index contributed by atoms with van der Waals surface area (Å²) in [5.41, 5.74) is 3.55. The summed E-state index contributed by atoms with van der Waals surface area (Å²) in [6.45, 7) is 1.56. The fourth-order valence-corrected chi connectivity index (χ4v) is 4.57. The molecule has 31 heavy (non-hydrogen) atoms. The van der Waals surface area contributed by atoms with Crippen LogP contribution in [0.4, 0.5) is 0 Å². The standard InChI is InChI=1S/C24H20BrN3O2S/c1-16(29)17-11-12-22(30-2)19(13-17)15-31-24-27-26-23(18-7-6-8-20(25)14-18)28(24)21-9-4-3-5-10-21/h3-14H,15H2,1-2H3. The van der Waals surface area contributed by atoms with Crippen molar-refractivity contribution in [2.45, 2.75) is 17.8 Å². The van der Waals surface area contributed by atoms with Crippen molar-refractivity contribution in [3.05, 3.63) is 88.4 Å². The molecule has 0 fully saturated rings. The summed E-state index contributed by atoms with van der Waals surface area (Å²) < 4.78 is 8.53. The third-order valence-electron chi connectivity index (χ3n) is 4.77. The maximum atomic E-state index is 11.8. The van der Waals surface area contributed by atoms with Gasteiger partial charge in [-0.15, -0.1) is 10.2 Å². The van der Waals surface area contributed by atoms with Crippen molar-refractivity contribution < 1.29 is 9.53 Å². The zero-order valence-corrected chi connectivity index (χ0v) is 19.5. The Balaban J connectivity index is 1.73. The Morgan fingerprint density at radius 3 is 2.55 bits per heavy atom. The van der Waals surface area contributed by atoms with Gasteiger partial charge in [-0.1, -0.05) is 58.0 Å². The minimum Gasteiger partial charge on any atom is -0.496 e. The highest BCUT2D eigenvalue weighted by atomic mass is 79.9. The monoisotopic (exact) mass is 493 g/mol. The molecule has 0 aliphatic rings. The van der Waals surface area contributed by atoms with E-state index in [-0.39, 0.29) is 5.78 Å². The molecule has 0 radical (unpaired) electrons. The van der Waals surface area contributed by atoms with Crippen molar-refractivity contribution in [3.8, 4) is 22.8 Å². The van der Waals surface area contributed by atoms with E-state index in [9.17, 15) is 4.79 Å². The molecule has 1 aromatic heterocycles. The van der Waals surface area contributed by atoms with E-state index < -0.39 is 0 Å². The number of hydrogen-bond donors (Lipinski definition) is 0. The van der Waals surface area contributed by atoms with Crippen LogP contribution in [-0.2, 0) is 5.75 Å². The molecule has 0 saturated carbocycles. The van der Waals surface area contributed by atoms with E-state index >= 15 is 0 Å². The van der Waals surface area contributed by atoms with Gasteiger partial charge >= 0.3 is 0 Å². The van der Waals surface area contributed by atoms with Crippen molar-refractivity contribution in [1.29, 1.82) is 0 Å². The van der Waals surface area contributed by atoms with Crippen LogP contribution in [0.3, 0.4) is 0 Å². The molecule has 0 N–H and O–H groups in total. The molecule has 0 aliphatic carbocycles. The molecule has 0 unspecified atom stereocenters. The van der Waals surface area contributed by atoms with Crippen molar-refractivity contribution in [2.75, 3.05) is 7.11 Å². The highest BCUT2D eigenvalue weighted by molar-refractivity contribution is 9.10. The molecule has 0 aliphatic heterocycles. The number of carbonyl (C=O) groups excluding carboxylic acids is 1. The second-order valence-corrected chi connectivity index (χ2v) is 8.72. The number of rotatable bonds is 7. The number of nitrogens with zero attached hydrogens (tertiary/aromatic N) is 3. The van der Waals surface area contributed by atoms with E-state index in [1.54, 1.807) is 31.9 Å². The molecule has 0 atom stereocenters. The molecule has 1 heterocycles. The fraction of sp³-hybridized carbons (Fsp3) is 0.125. The number of carbonyl (C=O) groups is 1. The minimum atomic E-state index is 0.0262. The van der Waals surface area contributed by atoms with Gasteiger partial charge in [0, 0.05) is 32.6 Å². The predicted molar refractivity (Wildman–Crippen MR) is 127 cm³/mol. The number of aromatic nitrogens is 3. The van der Waals surface area contributed by atoms with Gasteiger partial charge in [0.1, 0.15) is 5.75 Å². The van der Waals surface area contributed by atoms with E-state index in [1.165, 1.54) is 0 Å². The normalized spacial score (nSPS) is 10.8. The summed E-state index contributed by atoms with van der Waals surface area (Å²) in [6, 6.07) is 23.5. The lowest BCUT2D eigenvalue weighted by Gasteiger charge is -2.12. The van der Waals surface area contributed by atoms with Crippen molar-refractivity contribution in [1.82, 2.24) is 14.8 Å².